The molecule has 0 aliphatic carbocycles. The molecule has 3 heteroatoms. The molecule has 0 fully saturated rings. The van der Waals surface area contributed by atoms with Crippen molar-refractivity contribution in [2.45, 2.75) is 53.9 Å². The highest BCUT2D eigenvalue weighted by molar-refractivity contribution is 5.88. The normalized spacial score (nSPS) is 12.4. The van der Waals surface area contributed by atoms with E-state index >= 15 is 0 Å². The van der Waals surface area contributed by atoms with Gasteiger partial charge in [-0.05, 0) is 25.2 Å². The fourth-order valence-electron chi connectivity index (χ4n) is 1.21. The Morgan fingerprint density at radius 1 is 1.24 bits per heavy atom. The molecule has 0 bridgehead atoms. The molecule has 0 aromatic carbocycles. The summed E-state index contributed by atoms with van der Waals surface area (Å²) < 4.78 is 0. The van der Waals surface area contributed by atoms with Gasteiger partial charge in [-0.3, -0.25) is 4.79 Å². The van der Waals surface area contributed by atoms with E-state index in [0.717, 1.165) is 38.0 Å². The second-order valence-corrected chi connectivity index (χ2v) is 5.34. The van der Waals surface area contributed by atoms with E-state index in [2.05, 4.69) is 38.3 Å². The topological polar surface area (TPSA) is 41.1 Å². The molecule has 100 valence electrons. The molecule has 0 unspecified atom stereocenters. The van der Waals surface area contributed by atoms with Crippen LogP contribution in [0.15, 0.2) is 11.8 Å². The van der Waals surface area contributed by atoms with Gasteiger partial charge in [0.2, 0.25) is 5.91 Å². The number of carbonyl (C=O) groups excluding carboxylic acids is 1. The monoisotopic (exact) mass is 240 g/mol. The van der Waals surface area contributed by atoms with Gasteiger partial charge in [0, 0.05) is 24.9 Å². The second-order valence-electron chi connectivity index (χ2n) is 5.34. The summed E-state index contributed by atoms with van der Waals surface area (Å²) in [6.45, 7) is 12.2. The Bertz CT molecular complexity index is 257. The summed E-state index contributed by atoms with van der Waals surface area (Å²) in [6.07, 6.45) is 5.00. The molecule has 0 heterocycles. The van der Waals surface area contributed by atoms with E-state index in [1.54, 1.807) is 6.08 Å². The zero-order chi connectivity index (χ0) is 13.3. The first-order valence-electron chi connectivity index (χ1n) is 6.61. The van der Waals surface area contributed by atoms with Crippen molar-refractivity contribution in [3.05, 3.63) is 11.8 Å². The van der Waals surface area contributed by atoms with Crippen LogP contribution < -0.4 is 10.6 Å². The van der Waals surface area contributed by atoms with Gasteiger partial charge in [0.1, 0.15) is 0 Å². The molecular weight excluding hydrogens is 212 g/mol. The highest BCUT2D eigenvalue weighted by Gasteiger charge is 2.15. The van der Waals surface area contributed by atoms with E-state index in [0.29, 0.717) is 0 Å². The Kier molecular flexibility index (Phi) is 7.68. The third-order valence-electron chi connectivity index (χ3n) is 2.98. The predicted molar refractivity (Wildman–Crippen MR) is 73.7 cm³/mol. The highest BCUT2D eigenvalue weighted by Crippen LogP contribution is 2.17. The van der Waals surface area contributed by atoms with Crippen LogP contribution in [0.3, 0.4) is 0 Å². The van der Waals surface area contributed by atoms with Crippen molar-refractivity contribution in [3.8, 4) is 0 Å². The Labute approximate surface area is 106 Å². The summed E-state index contributed by atoms with van der Waals surface area (Å²) in [5, 5.41) is 6.17. The van der Waals surface area contributed by atoms with Gasteiger partial charge in [-0.2, -0.15) is 0 Å². The van der Waals surface area contributed by atoms with Crippen molar-refractivity contribution in [1.82, 2.24) is 10.6 Å². The number of rotatable bonds is 8. The van der Waals surface area contributed by atoms with Gasteiger partial charge in [-0.15, -0.1) is 0 Å². The molecule has 0 rings (SSSR count). The zero-order valence-corrected chi connectivity index (χ0v) is 12.0. The van der Waals surface area contributed by atoms with Crippen molar-refractivity contribution < 1.29 is 4.79 Å². The van der Waals surface area contributed by atoms with Crippen molar-refractivity contribution in [3.63, 3.8) is 0 Å². The molecule has 0 aliphatic heterocycles. The first-order chi connectivity index (χ1) is 7.91. The Balaban J connectivity index is 3.95. The fraction of sp³-hybridized carbons (Fsp3) is 0.786. The van der Waals surface area contributed by atoms with Crippen LogP contribution in [0.25, 0.3) is 0 Å². The lowest BCUT2D eigenvalue weighted by atomic mass is 9.90. The summed E-state index contributed by atoms with van der Waals surface area (Å²) >= 11 is 0. The average molecular weight is 240 g/mol. The number of amides is 1. The predicted octanol–water partition coefficient (Wildman–Crippen LogP) is 2.83. The van der Waals surface area contributed by atoms with Crippen LogP contribution in [0.1, 0.15) is 53.9 Å². The molecule has 2 N–H and O–H groups in total. The quantitative estimate of drug-likeness (QED) is 0.506. The SMILES string of the molecule is CCCCN/C(C)=C\C(=O)NCC(C)(C)CC. The van der Waals surface area contributed by atoms with Crippen LogP contribution in [0.4, 0.5) is 0 Å². The van der Waals surface area contributed by atoms with Gasteiger partial charge < -0.3 is 10.6 Å². The van der Waals surface area contributed by atoms with E-state index < -0.39 is 0 Å². The summed E-state index contributed by atoms with van der Waals surface area (Å²) in [7, 11) is 0. The molecule has 17 heavy (non-hydrogen) atoms. The van der Waals surface area contributed by atoms with Gasteiger partial charge in [0.15, 0.2) is 0 Å². The molecule has 0 aromatic rings. The van der Waals surface area contributed by atoms with Gasteiger partial charge >= 0.3 is 0 Å². The van der Waals surface area contributed by atoms with Crippen LogP contribution in [0, 0.1) is 5.41 Å². The molecule has 3 nitrogen and oxygen atoms in total. The number of hydrogen-bond donors (Lipinski definition) is 2. The van der Waals surface area contributed by atoms with E-state index in [1.807, 2.05) is 6.92 Å². The van der Waals surface area contributed by atoms with Crippen molar-refractivity contribution in [2.24, 2.45) is 5.41 Å². The van der Waals surface area contributed by atoms with E-state index in [9.17, 15) is 4.79 Å². The minimum atomic E-state index is -0.00646. The van der Waals surface area contributed by atoms with Crippen LogP contribution in [-0.2, 0) is 4.79 Å². The maximum atomic E-state index is 11.6. The van der Waals surface area contributed by atoms with Gasteiger partial charge in [0.05, 0.1) is 0 Å². The molecule has 0 aromatic heterocycles. The summed E-state index contributed by atoms with van der Waals surface area (Å²) in [5.74, 6) is -0.00646. The largest absolute Gasteiger partial charge is 0.388 e. The molecule has 0 atom stereocenters. The molecule has 0 radical (unpaired) electrons. The van der Waals surface area contributed by atoms with Crippen molar-refractivity contribution >= 4 is 5.91 Å². The number of allylic oxidation sites excluding steroid dienone is 1. The smallest absolute Gasteiger partial charge is 0.245 e. The lowest BCUT2D eigenvalue weighted by Crippen LogP contribution is -2.33. The van der Waals surface area contributed by atoms with Crippen LogP contribution in [-0.4, -0.2) is 19.0 Å². The number of hydrogen-bond acceptors (Lipinski definition) is 2. The molecule has 0 aliphatic rings. The molecule has 0 saturated carbocycles. The number of carbonyl (C=O) groups is 1. The second kappa shape index (κ2) is 8.15. The van der Waals surface area contributed by atoms with Gasteiger partial charge in [-0.1, -0.05) is 34.1 Å². The first kappa shape index (κ1) is 16.0. The minimum Gasteiger partial charge on any atom is -0.388 e. The van der Waals surface area contributed by atoms with E-state index in [1.165, 1.54) is 0 Å². The molecule has 0 saturated heterocycles. The third kappa shape index (κ3) is 8.78. The molecule has 0 spiro atoms. The lowest BCUT2D eigenvalue weighted by molar-refractivity contribution is -0.117. The Morgan fingerprint density at radius 2 is 1.88 bits per heavy atom. The maximum absolute atomic E-state index is 11.6. The van der Waals surface area contributed by atoms with Crippen LogP contribution >= 0.6 is 0 Å². The van der Waals surface area contributed by atoms with E-state index in [-0.39, 0.29) is 11.3 Å². The number of nitrogens with one attached hydrogen (secondary N) is 2. The standard InChI is InChI=1S/C14H28N2O/c1-6-8-9-15-12(3)10-13(17)16-11-14(4,5)7-2/h10,15H,6-9,11H2,1-5H3,(H,16,17)/b12-10-. The van der Waals surface area contributed by atoms with Crippen LogP contribution in [0.2, 0.25) is 0 Å². The molecule has 1 amide bonds. The summed E-state index contributed by atoms with van der Waals surface area (Å²) in [6, 6.07) is 0. The maximum Gasteiger partial charge on any atom is 0.245 e. The number of unbranched alkanes of at least 4 members (excludes halogenated alkanes) is 1. The fourth-order valence-corrected chi connectivity index (χ4v) is 1.21. The third-order valence-corrected chi connectivity index (χ3v) is 2.98. The Morgan fingerprint density at radius 3 is 2.41 bits per heavy atom. The van der Waals surface area contributed by atoms with Crippen molar-refractivity contribution in [1.29, 1.82) is 0 Å². The summed E-state index contributed by atoms with van der Waals surface area (Å²) in [5.41, 5.74) is 1.11. The van der Waals surface area contributed by atoms with E-state index in [4.69, 9.17) is 0 Å². The first-order valence-corrected chi connectivity index (χ1v) is 6.61. The minimum absolute atomic E-state index is 0.00646. The zero-order valence-electron chi connectivity index (χ0n) is 12.0. The highest BCUT2D eigenvalue weighted by atomic mass is 16.1. The summed E-state index contributed by atoms with van der Waals surface area (Å²) in [4.78, 5) is 11.6. The van der Waals surface area contributed by atoms with Gasteiger partial charge in [-0.25, -0.2) is 0 Å². The van der Waals surface area contributed by atoms with Crippen LogP contribution in [0.5, 0.6) is 0 Å². The van der Waals surface area contributed by atoms with Gasteiger partial charge in [0.25, 0.3) is 0 Å². The lowest BCUT2D eigenvalue weighted by Gasteiger charge is -2.22. The average Bonchev–Trinajstić information content (AvgIpc) is 2.27. The molecular formula is C14H28N2O. The van der Waals surface area contributed by atoms with Crippen molar-refractivity contribution in [2.75, 3.05) is 13.1 Å². The Hall–Kier alpha value is -0.990.